The van der Waals surface area contributed by atoms with E-state index in [1.54, 1.807) is 0 Å². The zero-order valence-electron chi connectivity index (χ0n) is 7.56. The average Bonchev–Trinajstić information content (AvgIpc) is 2.15. The van der Waals surface area contributed by atoms with Gasteiger partial charge in [-0.3, -0.25) is 20.2 Å². The number of benzene rings is 1. The molecule has 0 unspecified atom stereocenters. The molecule has 86 valence electrons. The molecule has 0 saturated carbocycles. The van der Waals surface area contributed by atoms with Crippen molar-refractivity contribution in [2.45, 2.75) is 4.90 Å². The Morgan fingerprint density at radius 1 is 1.06 bits per heavy atom. The van der Waals surface area contributed by atoms with Crippen LogP contribution in [0.3, 0.4) is 0 Å². The van der Waals surface area contributed by atoms with Crippen LogP contribution in [-0.2, 0) is 10.0 Å². The summed E-state index contributed by atoms with van der Waals surface area (Å²) in [7, 11) is -4.13. The minimum absolute atomic E-state index is 0.549. The first-order valence-corrected chi connectivity index (χ1v) is 5.24. The Bertz CT molecular complexity index is 566. The Balaban J connectivity index is 3.52. The Kier molecular flexibility index (Phi) is 2.87. The number of primary sulfonamides is 1. The number of nitro benzene ring substituents is 2. The van der Waals surface area contributed by atoms with Gasteiger partial charge >= 0.3 is 11.4 Å². The van der Waals surface area contributed by atoms with Gasteiger partial charge in [-0.25, -0.2) is 13.6 Å². The van der Waals surface area contributed by atoms with Crippen LogP contribution in [0.15, 0.2) is 23.1 Å². The molecule has 16 heavy (non-hydrogen) atoms. The van der Waals surface area contributed by atoms with Crippen LogP contribution in [0.4, 0.5) is 11.4 Å². The van der Waals surface area contributed by atoms with Crippen LogP contribution in [0.5, 0.6) is 0 Å². The summed E-state index contributed by atoms with van der Waals surface area (Å²) in [6.07, 6.45) is 0. The van der Waals surface area contributed by atoms with Gasteiger partial charge in [-0.05, 0) is 6.07 Å². The molecule has 0 heterocycles. The van der Waals surface area contributed by atoms with E-state index in [2.05, 4.69) is 0 Å². The molecular formula is C6H5N3O6S. The first-order valence-electron chi connectivity index (χ1n) is 3.69. The summed E-state index contributed by atoms with van der Waals surface area (Å²) in [5, 5.41) is 25.6. The lowest BCUT2D eigenvalue weighted by atomic mass is 10.3. The number of hydrogen-bond donors (Lipinski definition) is 1. The number of rotatable bonds is 3. The molecule has 0 amide bonds. The standard InChI is InChI=1S/C6H5N3O6S/c7-16(14,15)4-1-2-5(8(10)11)6(3-4)9(12)13/h1-3H,(H2,7,14,15). The Labute approximate surface area is 88.8 Å². The Hall–Kier alpha value is -2.07. The summed E-state index contributed by atoms with van der Waals surface area (Å²) in [5.41, 5.74) is -1.71. The molecule has 0 saturated heterocycles. The number of sulfonamides is 1. The number of hydrogen-bond acceptors (Lipinski definition) is 6. The quantitative estimate of drug-likeness (QED) is 0.593. The summed E-state index contributed by atoms with van der Waals surface area (Å²) in [6, 6.07) is 2.10. The summed E-state index contributed by atoms with van der Waals surface area (Å²) in [5.74, 6) is 0. The van der Waals surface area contributed by atoms with Crippen LogP contribution >= 0.6 is 0 Å². The van der Waals surface area contributed by atoms with Gasteiger partial charge in [0.2, 0.25) is 10.0 Å². The van der Waals surface area contributed by atoms with Crippen LogP contribution < -0.4 is 5.14 Å². The van der Waals surface area contributed by atoms with Crippen LogP contribution in [0.25, 0.3) is 0 Å². The SMILES string of the molecule is NS(=O)(=O)c1ccc([N+](=O)[O-])c([N+](=O)[O-])c1. The maximum absolute atomic E-state index is 10.9. The monoisotopic (exact) mass is 247 g/mol. The molecule has 2 N–H and O–H groups in total. The highest BCUT2D eigenvalue weighted by atomic mass is 32.2. The van der Waals surface area contributed by atoms with Crippen molar-refractivity contribution in [2.24, 2.45) is 5.14 Å². The molecule has 0 aromatic heterocycles. The highest BCUT2D eigenvalue weighted by molar-refractivity contribution is 7.89. The van der Waals surface area contributed by atoms with Crippen LogP contribution in [0.1, 0.15) is 0 Å². The Morgan fingerprint density at radius 3 is 1.94 bits per heavy atom. The van der Waals surface area contributed by atoms with E-state index in [1.807, 2.05) is 0 Å². The molecule has 0 spiro atoms. The van der Waals surface area contributed by atoms with Gasteiger partial charge in [0.05, 0.1) is 14.7 Å². The van der Waals surface area contributed by atoms with Gasteiger partial charge in [-0.2, -0.15) is 0 Å². The van der Waals surface area contributed by atoms with Gasteiger partial charge in [0.15, 0.2) is 0 Å². The third-order valence-electron chi connectivity index (χ3n) is 1.67. The highest BCUT2D eigenvalue weighted by Crippen LogP contribution is 2.28. The van der Waals surface area contributed by atoms with Crippen molar-refractivity contribution in [3.63, 3.8) is 0 Å². The minimum atomic E-state index is -4.13. The lowest BCUT2D eigenvalue weighted by Gasteiger charge is -1.98. The molecule has 0 aliphatic rings. The minimum Gasteiger partial charge on any atom is -0.258 e. The predicted octanol–water partition coefficient (Wildman–Crippen LogP) is 0.150. The second-order valence-corrected chi connectivity index (χ2v) is 4.27. The third-order valence-corrected chi connectivity index (χ3v) is 2.58. The molecule has 0 radical (unpaired) electrons. The second-order valence-electron chi connectivity index (χ2n) is 2.71. The van der Waals surface area contributed by atoms with Gasteiger partial charge < -0.3 is 0 Å². The molecule has 0 bridgehead atoms. The van der Waals surface area contributed by atoms with Gasteiger partial charge in [-0.15, -0.1) is 0 Å². The van der Waals surface area contributed by atoms with Crippen LogP contribution in [0, 0.1) is 20.2 Å². The van der Waals surface area contributed by atoms with Gasteiger partial charge in [0.1, 0.15) is 0 Å². The molecule has 0 atom stereocenters. The fourth-order valence-corrected chi connectivity index (χ4v) is 1.51. The average molecular weight is 247 g/mol. The van der Waals surface area contributed by atoms with Crippen molar-refractivity contribution in [2.75, 3.05) is 0 Å². The lowest BCUT2D eigenvalue weighted by Crippen LogP contribution is -2.12. The molecule has 10 heteroatoms. The van der Waals surface area contributed by atoms with E-state index >= 15 is 0 Å². The van der Waals surface area contributed by atoms with E-state index in [1.165, 1.54) is 0 Å². The van der Waals surface area contributed by atoms with Crippen molar-refractivity contribution < 1.29 is 18.3 Å². The van der Waals surface area contributed by atoms with E-state index in [0.717, 1.165) is 12.1 Å². The first-order chi connectivity index (χ1) is 7.23. The molecule has 1 rings (SSSR count). The van der Waals surface area contributed by atoms with E-state index in [9.17, 15) is 28.6 Å². The second kappa shape index (κ2) is 3.83. The van der Waals surface area contributed by atoms with Crippen molar-refractivity contribution in [3.05, 3.63) is 38.4 Å². The van der Waals surface area contributed by atoms with E-state index in [0.29, 0.717) is 6.07 Å². The molecule has 0 fully saturated rings. The van der Waals surface area contributed by atoms with Gasteiger partial charge in [-0.1, -0.05) is 0 Å². The summed E-state index contributed by atoms with van der Waals surface area (Å²) in [6.45, 7) is 0. The maximum atomic E-state index is 10.9. The van der Waals surface area contributed by atoms with Crippen molar-refractivity contribution in [1.82, 2.24) is 0 Å². The summed E-state index contributed by atoms with van der Waals surface area (Å²) < 4.78 is 21.7. The van der Waals surface area contributed by atoms with Crippen molar-refractivity contribution >= 4 is 21.4 Å². The normalized spacial score (nSPS) is 11.1. The lowest BCUT2D eigenvalue weighted by molar-refractivity contribution is -0.422. The molecule has 1 aromatic rings. The van der Waals surface area contributed by atoms with E-state index in [4.69, 9.17) is 5.14 Å². The zero-order valence-corrected chi connectivity index (χ0v) is 8.38. The van der Waals surface area contributed by atoms with Crippen molar-refractivity contribution in [3.8, 4) is 0 Å². The smallest absolute Gasteiger partial charge is 0.258 e. The largest absolute Gasteiger partial charge is 0.347 e. The zero-order chi connectivity index (χ0) is 12.5. The van der Waals surface area contributed by atoms with Gasteiger partial charge in [0.25, 0.3) is 0 Å². The summed E-state index contributed by atoms with van der Waals surface area (Å²) in [4.78, 5) is 18.3. The molecule has 9 nitrogen and oxygen atoms in total. The maximum Gasteiger partial charge on any atom is 0.347 e. The summed E-state index contributed by atoms with van der Waals surface area (Å²) >= 11 is 0. The van der Waals surface area contributed by atoms with Crippen LogP contribution in [0.2, 0.25) is 0 Å². The Morgan fingerprint density at radius 2 is 1.56 bits per heavy atom. The highest BCUT2D eigenvalue weighted by Gasteiger charge is 2.26. The number of nitrogens with two attached hydrogens (primary N) is 1. The number of nitro groups is 2. The molecular weight excluding hydrogens is 242 g/mol. The van der Waals surface area contributed by atoms with Crippen molar-refractivity contribution in [1.29, 1.82) is 0 Å². The van der Waals surface area contributed by atoms with E-state index < -0.39 is 36.1 Å². The fraction of sp³-hybridized carbons (Fsp3) is 0. The van der Waals surface area contributed by atoms with Gasteiger partial charge in [0, 0.05) is 12.1 Å². The number of nitrogens with zero attached hydrogens (tertiary/aromatic N) is 2. The van der Waals surface area contributed by atoms with E-state index in [-0.39, 0.29) is 0 Å². The molecule has 0 aliphatic heterocycles. The topological polar surface area (TPSA) is 146 Å². The van der Waals surface area contributed by atoms with Crippen LogP contribution in [-0.4, -0.2) is 18.3 Å². The molecule has 1 aromatic carbocycles. The predicted molar refractivity (Wildman–Crippen MR) is 51.1 cm³/mol. The first kappa shape index (κ1) is 12.0. The molecule has 0 aliphatic carbocycles. The third kappa shape index (κ3) is 2.29. The fourth-order valence-electron chi connectivity index (χ4n) is 0.981.